The van der Waals surface area contributed by atoms with Crippen molar-refractivity contribution in [1.29, 1.82) is 0 Å². The molecule has 1 amide bonds. The first-order chi connectivity index (χ1) is 12.4. The molecule has 0 fully saturated rings. The summed E-state index contributed by atoms with van der Waals surface area (Å²) in [5.74, 6) is -0.440. The van der Waals surface area contributed by atoms with Crippen molar-refractivity contribution in [2.45, 2.75) is 26.5 Å². The van der Waals surface area contributed by atoms with Gasteiger partial charge < -0.3 is 14.8 Å². The van der Waals surface area contributed by atoms with E-state index in [-0.39, 0.29) is 42.7 Å². The third-order valence-electron chi connectivity index (χ3n) is 3.14. The molecule has 0 bridgehead atoms. The van der Waals surface area contributed by atoms with Gasteiger partial charge in [-0.15, -0.1) is 0 Å². The number of nitrogens with one attached hydrogen (secondary N) is 1. The lowest BCUT2D eigenvalue weighted by molar-refractivity contribution is -0.385. The molecule has 1 aromatic heterocycles. The Labute approximate surface area is 146 Å². The van der Waals surface area contributed by atoms with Crippen LogP contribution in [0.25, 0.3) is 0 Å². The molecular weight excluding hydrogens is 354 g/mol. The summed E-state index contributed by atoms with van der Waals surface area (Å²) < 4.78 is 35.6. The van der Waals surface area contributed by atoms with Crippen LogP contribution in [0.2, 0.25) is 0 Å². The SMILES string of the molecule is CCOc1cc(NC(=O)CCn2cc([N+](=O)[O-])cn2)ccc1OC(F)F. The second kappa shape index (κ2) is 8.74. The number of halogens is 2. The lowest BCUT2D eigenvalue weighted by Crippen LogP contribution is -2.15. The lowest BCUT2D eigenvalue weighted by Gasteiger charge is -2.13. The summed E-state index contributed by atoms with van der Waals surface area (Å²) in [6.45, 7) is -0.937. The highest BCUT2D eigenvalue weighted by Crippen LogP contribution is 2.31. The Morgan fingerprint density at radius 2 is 2.19 bits per heavy atom. The number of benzene rings is 1. The molecule has 0 saturated carbocycles. The van der Waals surface area contributed by atoms with Gasteiger partial charge in [0.25, 0.3) is 0 Å². The van der Waals surface area contributed by atoms with E-state index in [1.165, 1.54) is 29.1 Å². The fourth-order valence-corrected chi connectivity index (χ4v) is 2.06. The summed E-state index contributed by atoms with van der Waals surface area (Å²) in [5, 5.41) is 16.9. The molecule has 0 radical (unpaired) electrons. The van der Waals surface area contributed by atoms with Crippen LogP contribution in [0, 0.1) is 10.1 Å². The molecule has 0 aliphatic rings. The number of carbonyl (C=O) groups is 1. The van der Waals surface area contributed by atoms with Crippen molar-refractivity contribution in [3.8, 4) is 11.5 Å². The molecule has 2 aromatic rings. The molecule has 0 unspecified atom stereocenters. The summed E-state index contributed by atoms with van der Waals surface area (Å²) in [6.07, 6.45) is 2.32. The Kier molecular flexibility index (Phi) is 6.42. The van der Waals surface area contributed by atoms with Crippen molar-refractivity contribution in [2.75, 3.05) is 11.9 Å². The first-order valence-corrected chi connectivity index (χ1v) is 7.57. The molecule has 1 N–H and O–H groups in total. The van der Waals surface area contributed by atoms with Gasteiger partial charge in [-0.1, -0.05) is 0 Å². The van der Waals surface area contributed by atoms with E-state index < -0.39 is 11.5 Å². The van der Waals surface area contributed by atoms with Gasteiger partial charge in [-0.3, -0.25) is 19.6 Å². The van der Waals surface area contributed by atoms with Crippen LogP contribution in [0.15, 0.2) is 30.6 Å². The molecule has 9 nitrogen and oxygen atoms in total. The molecular formula is C15H16F2N4O5. The van der Waals surface area contributed by atoms with Crippen LogP contribution in [0.3, 0.4) is 0 Å². The fourth-order valence-electron chi connectivity index (χ4n) is 2.06. The van der Waals surface area contributed by atoms with E-state index in [1.807, 2.05) is 0 Å². The molecule has 0 aliphatic carbocycles. The van der Waals surface area contributed by atoms with Crippen LogP contribution in [0.5, 0.6) is 11.5 Å². The third kappa shape index (κ3) is 5.40. The van der Waals surface area contributed by atoms with Gasteiger partial charge in [0.05, 0.1) is 11.5 Å². The summed E-state index contributed by atoms with van der Waals surface area (Å²) in [4.78, 5) is 22.0. The smallest absolute Gasteiger partial charge is 0.387 e. The second-order valence-electron chi connectivity index (χ2n) is 4.99. The molecule has 0 spiro atoms. The van der Waals surface area contributed by atoms with Gasteiger partial charge in [0.15, 0.2) is 11.5 Å². The molecule has 0 aliphatic heterocycles. The number of aryl methyl sites for hydroxylation is 1. The predicted molar refractivity (Wildman–Crippen MR) is 86.4 cm³/mol. The highest BCUT2D eigenvalue weighted by molar-refractivity contribution is 5.91. The molecule has 26 heavy (non-hydrogen) atoms. The van der Waals surface area contributed by atoms with Gasteiger partial charge in [-0.05, 0) is 19.1 Å². The van der Waals surface area contributed by atoms with Crippen molar-refractivity contribution < 1.29 is 28.0 Å². The summed E-state index contributed by atoms with van der Waals surface area (Å²) >= 11 is 0. The van der Waals surface area contributed by atoms with Crippen molar-refractivity contribution in [2.24, 2.45) is 0 Å². The van der Waals surface area contributed by atoms with Gasteiger partial charge in [0.2, 0.25) is 5.91 Å². The zero-order valence-electron chi connectivity index (χ0n) is 13.7. The van der Waals surface area contributed by atoms with E-state index in [0.29, 0.717) is 5.69 Å². The van der Waals surface area contributed by atoms with Crippen LogP contribution in [0.4, 0.5) is 20.2 Å². The maximum atomic E-state index is 12.4. The minimum Gasteiger partial charge on any atom is -0.490 e. The first-order valence-electron chi connectivity index (χ1n) is 7.57. The largest absolute Gasteiger partial charge is 0.490 e. The van der Waals surface area contributed by atoms with Crippen molar-refractivity contribution in [3.63, 3.8) is 0 Å². The van der Waals surface area contributed by atoms with Gasteiger partial charge in [0, 0.05) is 24.7 Å². The fraction of sp³-hybridized carbons (Fsp3) is 0.333. The van der Waals surface area contributed by atoms with Gasteiger partial charge >= 0.3 is 12.3 Å². The molecule has 1 aromatic carbocycles. The summed E-state index contributed by atoms with van der Waals surface area (Å²) in [5.41, 5.74) is 0.174. The standard InChI is InChI=1S/C15H16F2N4O5/c1-2-25-13-7-10(3-4-12(13)26-15(16)17)19-14(22)5-6-20-9-11(8-18-20)21(23)24/h3-4,7-9,15H,2,5-6H2,1H3,(H,19,22). The summed E-state index contributed by atoms with van der Waals surface area (Å²) in [7, 11) is 0. The highest BCUT2D eigenvalue weighted by Gasteiger charge is 2.13. The number of alkyl halides is 2. The Balaban J connectivity index is 1.96. The number of hydrogen-bond acceptors (Lipinski definition) is 6. The van der Waals surface area contributed by atoms with E-state index >= 15 is 0 Å². The topological polar surface area (TPSA) is 109 Å². The Hall–Kier alpha value is -3.24. The highest BCUT2D eigenvalue weighted by atomic mass is 19.3. The maximum absolute atomic E-state index is 12.4. The number of amides is 1. The van der Waals surface area contributed by atoms with E-state index in [4.69, 9.17) is 4.74 Å². The number of carbonyl (C=O) groups excluding carboxylic acids is 1. The van der Waals surface area contributed by atoms with Crippen molar-refractivity contribution in [3.05, 3.63) is 40.7 Å². The number of aromatic nitrogens is 2. The molecule has 0 atom stereocenters. The number of nitrogens with zero attached hydrogens (tertiary/aromatic N) is 3. The number of nitro groups is 1. The molecule has 11 heteroatoms. The molecule has 1 heterocycles. The van der Waals surface area contributed by atoms with Crippen LogP contribution >= 0.6 is 0 Å². The average Bonchev–Trinajstić information content (AvgIpc) is 3.04. The molecule has 140 valence electrons. The monoisotopic (exact) mass is 370 g/mol. The maximum Gasteiger partial charge on any atom is 0.387 e. The Morgan fingerprint density at radius 1 is 1.42 bits per heavy atom. The van der Waals surface area contributed by atoms with Crippen LogP contribution < -0.4 is 14.8 Å². The van der Waals surface area contributed by atoms with Gasteiger partial charge in [0.1, 0.15) is 12.4 Å². The van der Waals surface area contributed by atoms with E-state index in [1.54, 1.807) is 6.92 Å². The summed E-state index contributed by atoms with van der Waals surface area (Å²) in [6, 6.07) is 4.04. The third-order valence-corrected chi connectivity index (χ3v) is 3.14. The van der Waals surface area contributed by atoms with Crippen molar-refractivity contribution in [1.82, 2.24) is 9.78 Å². The first kappa shape index (κ1) is 19.1. The Morgan fingerprint density at radius 3 is 2.81 bits per heavy atom. The van der Waals surface area contributed by atoms with E-state index in [0.717, 1.165) is 6.20 Å². The lowest BCUT2D eigenvalue weighted by atomic mass is 10.2. The van der Waals surface area contributed by atoms with Crippen LogP contribution in [0.1, 0.15) is 13.3 Å². The quantitative estimate of drug-likeness (QED) is 0.537. The normalized spacial score (nSPS) is 10.6. The van der Waals surface area contributed by atoms with Gasteiger partial charge in [-0.2, -0.15) is 13.9 Å². The zero-order chi connectivity index (χ0) is 19.1. The second-order valence-corrected chi connectivity index (χ2v) is 4.99. The number of hydrogen-bond donors (Lipinski definition) is 1. The van der Waals surface area contributed by atoms with E-state index in [2.05, 4.69) is 15.2 Å². The minimum atomic E-state index is -2.99. The zero-order valence-corrected chi connectivity index (χ0v) is 13.7. The van der Waals surface area contributed by atoms with Crippen LogP contribution in [-0.2, 0) is 11.3 Å². The van der Waals surface area contributed by atoms with Crippen LogP contribution in [-0.4, -0.2) is 33.8 Å². The number of rotatable bonds is 9. The van der Waals surface area contributed by atoms with E-state index in [9.17, 15) is 23.7 Å². The predicted octanol–water partition coefficient (Wildman–Crippen LogP) is 2.82. The molecule has 0 saturated heterocycles. The Bertz CT molecular complexity index is 781. The molecule has 2 rings (SSSR count). The van der Waals surface area contributed by atoms with Crippen molar-refractivity contribution >= 4 is 17.3 Å². The van der Waals surface area contributed by atoms with Gasteiger partial charge in [-0.25, -0.2) is 0 Å². The number of anilines is 1. The average molecular weight is 370 g/mol. The minimum absolute atomic E-state index is 0.0120. The number of ether oxygens (including phenoxy) is 2.